The Hall–Kier alpha value is -1.53. The summed E-state index contributed by atoms with van der Waals surface area (Å²) in [7, 11) is 0. The van der Waals surface area contributed by atoms with Gasteiger partial charge in [0.2, 0.25) is 0 Å². The number of hydrogen-bond donors (Lipinski definition) is 2. The summed E-state index contributed by atoms with van der Waals surface area (Å²) in [4.78, 5) is 24.6. The fourth-order valence-electron chi connectivity index (χ4n) is 2.38. The van der Waals surface area contributed by atoms with E-state index >= 15 is 0 Å². The molecule has 2 unspecified atom stereocenters. The first-order valence-corrected chi connectivity index (χ1v) is 7.02. The minimum atomic E-state index is -0.925. The topological polar surface area (TPSA) is 69.6 Å². The smallest absolute Gasteiger partial charge is 0.322 e. The van der Waals surface area contributed by atoms with Gasteiger partial charge in [0, 0.05) is 18.3 Å². The largest absolute Gasteiger partial charge is 0.481 e. The maximum absolute atomic E-state index is 13.3. The molecule has 1 saturated heterocycles. The van der Waals surface area contributed by atoms with Crippen molar-refractivity contribution in [1.29, 1.82) is 0 Å². The van der Waals surface area contributed by atoms with Gasteiger partial charge in [-0.15, -0.1) is 0 Å². The highest BCUT2D eigenvalue weighted by Gasteiger charge is 2.38. The number of benzene rings is 1. The number of nitrogens with zero attached hydrogens (tertiary/aromatic N) is 1. The molecule has 2 atom stereocenters. The number of carbonyl (C=O) groups excluding carboxylic acids is 1. The molecule has 1 aromatic rings. The average Bonchev–Trinajstić information content (AvgIpc) is 2.77. The molecular formula is C13H13Cl2FN2O3. The Kier molecular flexibility index (Phi) is 4.58. The van der Waals surface area contributed by atoms with Gasteiger partial charge in [-0.3, -0.25) is 4.79 Å². The van der Waals surface area contributed by atoms with E-state index in [9.17, 15) is 14.0 Å². The summed E-state index contributed by atoms with van der Waals surface area (Å²) in [6.45, 7) is 2.02. The number of carbonyl (C=O) groups is 2. The second-order valence-electron chi connectivity index (χ2n) is 4.85. The van der Waals surface area contributed by atoms with Gasteiger partial charge in [0.1, 0.15) is 0 Å². The molecule has 0 bridgehead atoms. The second-order valence-corrected chi connectivity index (χ2v) is 5.67. The first kappa shape index (κ1) is 15.9. The van der Waals surface area contributed by atoms with Gasteiger partial charge in [0.25, 0.3) is 0 Å². The quantitative estimate of drug-likeness (QED) is 0.813. The van der Waals surface area contributed by atoms with Crippen LogP contribution in [0, 0.1) is 11.7 Å². The van der Waals surface area contributed by atoms with Gasteiger partial charge in [-0.05, 0) is 25.5 Å². The van der Waals surface area contributed by atoms with Gasteiger partial charge in [-0.2, -0.15) is 0 Å². The Bertz CT molecular complexity index is 574. The van der Waals surface area contributed by atoms with Crippen molar-refractivity contribution in [2.24, 2.45) is 5.92 Å². The fourth-order valence-corrected chi connectivity index (χ4v) is 2.87. The highest BCUT2D eigenvalue weighted by Crippen LogP contribution is 2.29. The molecule has 5 nitrogen and oxygen atoms in total. The summed E-state index contributed by atoms with van der Waals surface area (Å²) in [5.74, 6) is -2.27. The molecule has 0 aliphatic carbocycles. The SMILES string of the molecule is CC1C(C(=O)O)CCN1C(=O)Nc1cc(Cl)c(F)c(Cl)c1. The number of anilines is 1. The molecule has 21 heavy (non-hydrogen) atoms. The highest BCUT2D eigenvalue weighted by molar-refractivity contribution is 6.35. The summed E-state index contributed by atoms with van der Waals surface area (Å²) >= 11 is 11.3. The normalized spacial score (nSPS) is 21.4. The number of carboxylic acid groups (broad SMARTS) is 1. The molecule has 0 spiro atoms. The average molecular weight is 335 g/mol. The molecular weight excluding hydrogens is 322 g/mol. The number of aliphatic carboxylic acids is 1. The van der Waals surface area contributed by atoms with Gasteiger partial charge >= 0.3 is 12.0 Å². The number of likely N-dealkylation sites (tertiary alicyclic amines) is 1. The van der Waals surface area contributed by atoms with E-state index in [1.165, 1.54) is 17.0 Å². The van der Waals surface area contributed by atoms with Crippen molar-refractivity contribution in [2.75, 3.05) is 11.9 Å². The van der Waals surface area contributed by atoms with Crippen molar-refractivity contribution < 1.29 is 19.1 Å². The second kappa shape index (κ2) is 6.07. The molecule has 8 heteroatoms. The molecule has 2 rings (SSSR count). The van der Waals surface area contributed by atoms with Crippen LogP contribution in [0.15, 0.2) is 12.1 Å². The van der Waals surface area contributed by atoms with Crippen molar-refractivity contribution in [1.82, 2.24) is 4.90 Å². The van der Waals surface area contributed by atoms with Crippen LogP contribution in [0.25, 0.3) is 0 Å². The predicted octanol–water partition coefficient (Wildman–Crippen LogP) is 3.46. The Labute approximate surface area is 130 Å². The first-order chi connectivity index (χ1) is 9.81. The molecule has 1 aliphatic heterocycles. The lowest BCUT2D eigenvalue weighted by Gasteiger charge is -2.23. The van der Waals surface area contributed by atoms with E-state index in [1.807, 2.05) is 0 Å². The zero-order chi connectivity index (χ0) is 15.7. The first-order valence-electron chi connectivity index (χ1n) is 6.26. The van der Waals surface area contributed by atoms with E-state index in [0.717, 1.165) is 0 Å². The number of halogens is 3. The van der Waals surface area contributed by atoms with Crippen LogP contribution < -0.4 is 5.32 Å². The van der Waals surface area contributed by atoms with Crippen LogP contribution in [0.4, 0.5) is 14.9 Å². The maximum atomic E-state index is 13.3. The van der Waals surface area contributed by atoms with E-state index in [1.54, 1.807) is 6.92 Å². The van der Waals surface area contributed by atoms with Gasteiger partial charge in [0.05, 0.1) is 16.0 Å². The van der Waals surface area contributed by atoms with E-state index in [-0.39, 0.29) is 15.7 Å². The zero-order valence-corrected chi connectivity index (χ0v) is 12.6. The molecule has 1 heterocycles. The maximum Gasteiger partial charge on any atom is 0.322 e. The van der Waals surface area contributed by atoms with Crippen LogP contribution in [0.3, 0.4) is 0 Å². The summed E-state index contributed by atoms with van der Waals surface area (Å²) in [6.07, 6.45) is 0.398. The van der Waals surface area contributed by atoms with Crippen LogP contribution in [0.5, 0.6) is 0 Å². The van der Waals surface area contributed by atoms with Crippen LogP contribution in [0.2, 0.25) is 10.0 Å². The molecule has 1 aliphatic rings. The third-order valence-electron chi connectivity index (χ3n) is 3.57. The lowest BCUT2D eigenvalue weighted by molar-refractivity contribution is -0.142. The number of nitrogens with one attached hydrogen (secondary N) is 1. The van der Waals surface area contributed by atoms with E-state index in [2.05, 4.69) is 5.32 Å². The molecule has 1 aromatic carbocycles. The van der Waals surface area contributed by atoms with Crippen LogP contribution >= 0.6 is 23.2 Å². The lowest BCUT2D eigenvalue weighted by atomic mass is 10.0. The lowest BCUT2D eigenvalue weighted by Crippen LogP contribution is -2.40. The summed E-state index contributed by atoms with van der Waals surface area (Å²) in [5, 5.41) is 11.2. The van der Waals surface area contributed by atoms with E-state index in [0.29, 0.717) is 13.0 Å². The van der Waals surface area contributed by atoms with Crippen LogP contribution in [-0.4, -0.2) is 34.6 Å². The minimum absolute atomic E-state index is 0.198. The van der Waals surface area contributed by atoms with Crippen molar-refractivity contribution in [2.45, 2.75) is 19.4 Å². The number of carboxylic acids is 1. The zero-order valence-electron chi connectivity index (χ0n) is 11.1. The minimum Gasteiger partial charge on any atom is -0.481 e. The standard InChI is InChI=1S/C13H13Cl2FN2O3/c1-6-8(12(19)20)2-3-18(6)13(21)17-7-4-9(14)11(16)10(15)5-7/h4-6,8H,2-3H2,1H3,(H,17,21)(H,19,20). The van der Waals surface area contributed by atoms with Crippen molar-refractivity contribution >= 4 is 40.9 Å². The van der Waals surface area contributed by atoms with E-state index < -0.39 is 29.8 Å². The third kappa shape index (κ3) is 3.22. The molecule has 2 amide bonds. The number of hydrogen-bond acceptors (Lipinski definition) is 2. The van der Waals surface area contributed by atoms with Gasteiger partial charge in [-0.1, -0.05) is 23.2 Å². The van der Waals surface area contributed by atoms with Crippen LogP contribution in [-0.2, 0) is 4.79 Å². The van der Waals surface area contributed by atoms with Gasteiger partial charge in [-0.25, -0.2) is 9.18 Å². The number of rotatable bonds is 2. The number of amides is 2. The van der Waals surface area contributed by atoms with Crippen molar-refractivity contribution in [3.8, 4) is 0 Å². The molecule has 0 saturated carbocycles. The van der Waals surface area contributed by atoms with Crippen molar-refractivity contribution in [3.05, 3.63) is 28.0 Å². The van der Waals surface area contributed by atoms with Crippen LogP contribution in [0.1, 0.15) is 13.3 Å². The Balaban J connectivity index is 2.11. The number of urea groups is 1. The summed E-state index contributed by atoms with van der Waals surface area (Å²) < 4.78 is 13.3. The molecule has 0 radical (unpaired) electrons. The monoisotopic (exact) mass is 334 g/mol. The third-order valence-corrected chi connectivity index (χ3v) is 4.12. The molecule has 0 aromatic heterocycles. The molecule has 2 N–H and O–H groups in total. The Morgan fingerprint density at radius 2 is 1.95 bits per heavy atom. The fraction of sp³-hybridized carbons (Fsp3) is 0.385. The van der Waals surface area contributed by atoms with E-state index in [4.69, 9.17) is 28.3 Å². The molecule has 1 fully saturated rings. The van der Waals surface area contributed by atoms with Crippen molar-refractivity contribution in [3.63, 3.8) is 0 Å². The van der Waals surface area contributed by atoms with Gasteiger partial charge in [0.15, 0.2) is 5.82 Å². The Morgan fingerprint density at radius 3 is 2.43 bits per heavy atom. The molecule has 114 valence electrons. The Morgan fingerprint density at radius 1 is 1.38 bits per heavy atom. The summed E-state index contributed by atoms with van der Waals surface area (Å²) in [6, 6.07) is 1.60. The van der Waals surface area contributed by atoms with Gasteiger partial charge < -0.3 is 15.3 Å². The predicted molar refractivity (Wildman–Crippen MR) is 77.3 cm³/mol. The summed E-state index contributed by atoms with van der Waals surface area (Å²) in [5.41, 5.74) is 0.252. The highest BCUT2D eigenvalue weighted by atomic mass is 35.5.